The number of hydrogen-bond donors (Lipinski definition) is 0. The molecule has 54 valence electrons. The summed E-state index contributed by atoms with van der Waals surface area (Å²) in [7, 11) is 3.81. The standard InChI is InChI=1S/C5H8N4S/c1-9(2)4-6-5-3-10-8-7-5/h3-4H,1-2H3. The van der Waals surface area contributed by atoms with Gasteiger partial charge in [-0.05, 0) is 11.5 Å². The van der Waals surface area contributed by atoms with Crippen molar-refractivity contribution in [1.29, 1.82) is 0 Å². The number of aromatic nitrogens is 2. The highest BCUT2D eigenvalue weighted by molar-refractivity contribution is 7.03. The van der Waals surface area contributed by atoms with Crippen LogP contribution in [-0.2, 0) is 0 Å². The van der Waals surface area contributed by atoms with Gasteiger partial charge in [-0.25, -0.2) is 4.99 Å². The van der Waals surface area contributed by atoms with Gasteiger partial charge in [-0.3, -0.25) is 0 Å². The summed E-state index contributed by atoms with van der Waals surface area (Å²) in [5.41, 5.74) is 0. The first kappa shape index (κ1) is 7.14. The molecule has 0 saturated carbocycles. The van der Waals surface area contributed by atoms with E-state index in [9.17, 15) is 0 Å². The number of aliphatic imine (C=N–C) groups is 1. The van der Waals surface area contributed by atoms with E-state index in [1.54, 1.807) is 11.7 Å². The minimum absolute atomic E-state index is 0.665. The zero-order valence-corrected chi connectivity index (χ0v) is 6.67. The fourth-order valence-electron chi connectivity index (χ4n) is 0.391. The Hall–Kier alpha value is -0.970. The Morgan fingerprint density at radius 3 is 3.00 bits per heavy atom. The van der Waals surface area contributed by atoms with Gasteiger partial charge in [-0.2, -0.15) is 0 Å². The topological polar surface area (TPSA) is 41.4 Å². The molecular formula is C5H8N4S. The van der Waals surface area contributed by atoms with Crippen molar-refractivity contribution in [3.8, 4) is 0 Å². The van der Waals surface area contributed by atoms with E-state index < -0.39 is 0 Å². The molecule has 10 heavy (non-hydrogen) atoms. The van der Waals surface area contributed by atoms with Crippen LogP contribution in [0.25, 0.3) is 0 Å². The molecule has 0 aliphatic carbocycles. The second-order valence-corrected chi connectivity index (χ2v) is 2.58. The second kappa shape index (κ2) is 3.26. The molecule has 0 radical (unpaired) electrons. The summed E-state index contributed by atoms with van der Waals surface area (Å²) < 4.78 is 3.66. The minimum atomic E-state index is 0.665. The van der Waals surface area contributed by atoms with Gasteiger partial charge in [0, 0.05) is 14.1 Å². The average molecular weight is 156 g/mol. The van der Waals surface area contributed by atoms with Gasteiger partial charge in [0.2, 0.25) is 0 Å². The van der Waals surface area contributed by atoms with Crippen molar-refractivity contribution in [1.82, 2.24) is 14.5 Å². The molecule has 0 N–H and O–H groups in total. The lowest BCUT2D eigenvalue weighted by atomic mass is 10.8. The van der Waals surface area contributed by atoms with Gasteiger partial charge in [0.15, 0.2) is 5.82 Å². The van der Waals surface area contributed by atoms with Crippen LogP contribution in [0.2, 0.25) is 0 Å². The summed E-state index contributed by atoms with van der Waals surface area (Å²) in [6.07, 6.45) is 1.69. The van der Waals surface area contributed by atoms with E-state index in [0.29, 0.717) is 5.82 Å². The second-order valence-electron chi connectivity index (χ2n) is 1.97. The van der Waals surface area contributed by atoms with Gasteiger partial charge in [0.25, 0.3) is 0 Å². The minimum Gasteiger partial charge on any atom is -0.369 e. The first-order valence-electron chi connectivity index (χ1n) is 2.76. The molecule has 1 rings (SSSR count). The molecule has 1 heterocycles. The monoisotopic (exact) mass is 156 g/mol. The molecule has 0 saturated heterocycles. The normalized spacial score (nSPS) is 10.6. The molecular weight excluding hydrogens is 148 g/mol. The predicted octanol–water partition coefficient (Wildman–Crippen LogP) is 0.759. The van der Waals surface area contributed by atoms with Gasteiger partial charge in [0.05, 0.1) is 11.7 Å². The van der Waals surface area contributed by atoms with Crippen LogP contribution in [0, 0.1) is 0 Å². The molecule has 0 aliphatic heterocycles. The first-order valence-corrected chi connectivity index (χ1v) is 3.60. The summed E-state index contributed by atoms with van der Waals surface area (Å²) in [6.45, 7) is 0. The lowest BCUT2D eigenvalue weighted by Crippen LogP contribution is -2.06. The van der Waals surface area contributed by atoms with Crippen molar-refractivity contribution >= 4 is 23.7 Å². The molecule has 1 aromatic rings. The first-order chi connectivity index (χ1) is 4.79. The Balaban J connectivity index is 2.55. The van der Waals surface area contributed by atoms with E-state index in [1.807, 2.05) is 19.0 Å². The summed E-state index contributed by atoms with van der Waals surface area (Å²) in [4.78, 5) is 5.85. The van der Waals surface area contributed by atoms with Gasteiger partial charge in [-0.15, -0.1) is 5.10 Å². The third-order valence-electron chi connectivity index (χ3n) is 0.769. The van der Waals surface area contributed by atoms with Crippen LogP contribution in [0.3, 0.4) is 0 Å². The molecule has 1 aromatic heterocycles. The van der Waals surface area contributed by atoms with Crippen LogP contribution in [0.4, 0.5) is 5.82 Å². The lowest BCUT2D eigenvalue weighted by molar-refractivity contribution is 0.643. The summed E-state index contributed by atoms with van der Waals surface area (Å²) in [5, 5.41) is 5.52. The van der Waals surface area contributed by atoms with Crippen LogP contribution in [-0.4, -0.2) is 34.9 Å². The van der Waals surface area contributed by atoms with E-state index in [-0.39, 0.29) is 0 Å². The summed E-state index contributed by atoms with van der Waals surface area (Å²) >= 11 is 1.30. The molecule has 0 aromatic carbocycles. The fraction of sp³-hybridized carbons (Fsp3) is 0.400. The Bertz CT molecular complexity index is 203. The highest BCUT2D eigenvalue weighted by Gasteiger charge is 1.87. The molecule has 0 aliphatic rings. The Labute approximate surface area is 63.4 Å². The van der Waals surface area contributed by atoms with Crippen LogP contribution in [0.1, 0.15) is 0 Å². The zero-order chi connectivity index (χ0) is 7.40. The fourth-order valence-corrected chi connectivity index (χ4v) is 0.771. The molecule has 4 nitrogen and oxygen atoms in total. The van der Waals surface area contributed by atoms with E-state index in [2.05, 4.69) is 14.6 Å². The predicted molar refractivity (Wildman–Crippen MR) is 41.7 cm³/mol. The van der Waals surface area contributed by atoms with Gasteiger partial charge >= 0.3 is 0 Å². The number of hydrogen-bond acceptors (Lipinski definition) is 4. The molecule has 0 unspecified atom stereocenters. The zero-order valence-electron chi connectivity index (χ0n) is 5.85. The van der Waals surface area contributed by atoms with Crippen molar-refractivity contribution in [2.24, 2.45) is 4.99 Å². The Morgan fingerprint density at radius 2 is 2.50 bits per heavy atom. The molecule has 0 fully saturated rings. The SMILES string of the molecule is CN(C)C=Nc1csnn1. The third kappa shape index (κ3) is 2.10. The van der Waals surface area contributed by atoms with Crippen molar-refractivity contribution in [2.75, 3.05) is 14.1 Å². The maximum Gasteiger partial charge on any atom is 0.188 e. The molecule has 5 heteroatoms. The van der Waals surface area contributed by atoms with Crippen LogP contribution in [0.5, 0.6) is 0 Å². The van der Waals surface area contributed by atoms with Gasteiger partial charge in [0.1, 0.15) is 0 Å². The van der Waals surface area contributed by atoms with Crippen molar-refractivity contribution < 1.29 is 0 Å². The van der Waals surface area contributed by atoms with Gasteiger partial charge < -0.3 is 4.90 Å². The molecule has 0 amide bonds. The smallest absolute Gasteiger partial charge is 0.188 e. The molecule has 0 spiro atoms. The van der Waals surface area contributed by atoms with Crippen LogP contribution in [0.15, 0.2) is 10.4 Å². The maximum atomic E-state index is 4.00. The molecule has 0 atom stereocenters. The average Bonchev–Trinajstić information content (AvgIpc) is 2.34. The number of nitrogens with zero attached hydrogens (tertiary/aromatic N) is 4. The van der Waals surface area contributed by atoms with Gasteiger partial charge in [-0.1, -0.05) is 4.49 Å². The summed E-state index contributed by atoms with van der Waals surface area (Å²) in [5.74, 6) is 0.665. The third-order valence-corrected chi connectivity index (χ3v) is 1.26. The van der Waals surface area contributed by atoms with Crippen molar-refractivity contribution in [3.05, 3.63) is 5.38 Å². The Morgan fingerprint density at radius 1 is 1.70 bits per heavy atom. The molecule has 0 bridgehead atoms. The maximum absolute atomic E-state index is 4.00. The lowest BCUT2D eigenvalue weighted by Gasteiger charge is -1.99. The Kier molecular flexibility index (Phi) is 2.33. The summed E-state index contributed by atoms with van der Waals surface area (Å²) in [6, 6.07) is 0. The van der Waals surface area contributed by atoms with E-state index >= 15 is 0 Å². The van der Waals surface area contributed by atoms with E-state index in [4.69, 9.17) is 0 Å². The van der Waals surface area contributed by atoms with E-state index in [0.717, 1.165) is 0 Å². The van der Waals surface area contributed by atoms with Crippen LogP contribution >= 0.6 is 11.5 Å². The quantitative estimate of drug-likeness (QED) is 0.469. The van der Waals surface area contributed by atoms with E-state index in [1.165, 1.54) is 11.5 Å². The highest BCUT2D eigenvalue weighted by atomic mass is 32.1. The van der Waals surface area contributed by atoms with Crippen molar-refractivity contribution in [3.63, 3.8) is 0 Å². The highest BCUT2D eigenvalue weighted by Crippen LogP contribution is 2.06. The largest absolute Gasteiger partial charge is 0.369 e. The van der Waals surface area contributed by atoms with Crippen LogP contribution < -0.4 is 0 Å². The van der Waals surface area contributed by atoms with Crippen molar-refractivity contribution in [2.45, 2.75) is 0 Å². The number of rotatable bonds is 2.